The van der Waals surface area contributed by atoms with E-state index in [4.69, 9.17) is 9.84 Å². The zero-order valence-electron chi connectivity index (χ0n) is 12.0. The molecule has 1 aromatic heterocycles. The lowest BCUT2D eigenvalue weighted by Crippen LogP contribution is -2.00. The van der Waals surface area contributed by atoms with Crippen molar-refractivity contribution in [1.29, 1.82) is 0 Å². The van der Waals surface area contributed by atoms with E-state index in [1.165, 1.54) is 5.56 Å². The Kier molecular flexibility index (Phi) is 6.31. The number of rotatable bonds is 6. The molecule has 1 heterocycles. The highest BCUT2D eigenvalue weighted by molar-refractivity contribution is 5.36. The Hall–Kier alpha value is -2.31. The van der Waals surface area contributed by atoms with Crippen LogP contribution in [0.15, 0.2) is 48.8 Å². The number of hydrogen-bond acceptors (Lipinski definition) is 3. The first-order valence-corrected chi connectivity index (χ1v) is 7.10. The molecule has 0 aliphatic rings. The van der Waals surface area contributed by atoms with Crippen molar-refractivity contribution in [1.82, 2.24) is 4.98 Å². The Morgan fingerprint density at radius 2 is 2.00 bits per heavy atom. The standard InChI is InChI=1S/C18H19NO2/c20-11-5-4-9-17-13-18(15-19-14-17)21-12-6-10-16-7-2-1-3-8-16/h1-3,7-8,13-15,20H,5-6,10-12H2. The van der Waals surface area contributed by atoms with Crippen molar-refractivity contribution in [3.63, 3.8) is 0 Å². The summed E-state index contributed by atoms with van der Waals surface area (Å²) in [6, 6.07) is 12.2. The van der Waals surface area contributed by atoms with Gasteiger partial charge in [-0.15, -0.1) is 0 Å². The largest absolute Gasteiger partial charge is 0.492 e. The molecule has 0 bridgehead atoms. The summed E-state index contributed by atoms with van der Waals surface area (Å²) >= 11 is 0. The summed E-state index contributed by atoms with van der Waals surface area (Å²) in [5.74, 6) is 6.56. The Bertz CT molecular complexity index is 599. The molecule has 0 aliphatic heterocycles. The Morgan fingerprint density at radius 1 is 1.14 bits per heavy atom. The highest BCUT2D eigenvalue weighted by Gasteiger charge is 1.97. The number of pyridine rings is 1. The Balaban J connectivity index is 1.78. The molecule has 0 saturated carbocycles. The Morgan fingerprint density at radius 3 is 2.81 bits per heavy atom. The van der Waals surface area contributed by atoms with E-state index in [9.17, 15) is 0 Å². The molecule has 1 aromatic carbocycles. The van der Waals surface area contributed by atoms with Gasteiger partial charge in [0.15, 0.2) is 0 Å². The second-order valence-electron chi connectivity index (χ2n) is 4.62. The van der Waals surface area contributed by atoms with Crippen LogP contribution < -0.4 is 4.74 Å². The van der Waals surface area contributed by atoms with Crippen LogP contribution in [-0.2, 0) is 6.42 Å². The summed E-state index contributed by atoms with van der Waals surface area (Å²) in [7, 11) is 0. The van der Waals surface area contributed by atoms with Crippen LogP contribution in [0.25, 0.3) is 0 Å². The fourth-order valence-corrected chi connectivity index (χ4v) is 1.90. The molecule has 0 unspecified atom stereocenters. The zero-order chi connectivity index (χ0) is 14.8. The lowest BCUT2D eigenvalue weighted by Gasteiger charge is -2.06. The van der Waals surface area contributed by atoms with Gasteiger partial charge >= 0.3 is 0 Å². The Labute approximate surface area is 125 Å². The van der Waals surface area contributed by atoms with Crippen molar-refractivity contribution in [3.8, 4) is 17.6 Å². The van der Waals surface area contributed by atoms with Gasteiger partial charge in [-0.25, -0.2) is 0 Å². The van der Waals surface area contributed by atoms with Crippen LogP contribution >= 0.6 is 0 Å². The molecule has 0 amide bonds. The number of benzene rings is 1. The number of aryl methyl sites for hydroxylation is 1. The minimum absolute atomic E-state index is 0.0795. The number of aromatic nitrogens is 1. The molecule has 0 saturated heterocycles. The first-order chi connectivity index (χ1) is 10.4. The van der Waals surface area contributed by atoms with Crippen LogP contribution in [0.4, 0.5) is 0 Å². The highest BCUT2D eigenvalue weighted by atomic mass is 16.5. The first kappa shape index (κ1) is 15.1. The maximum absolute atomic E-state index is 8.69. The van der Waals surface area contributed by atoms with E-state index in [1.54, 1.807) is 12.4 Å². The van der Waals surface area contributed by atoms with Crippen LogP contribution in [-0.4, -0.2) is 23.3 Å². The molecule has 21 heavy (non-hydrogen) atoms. The van der Waals surface area contributed by atoms with Crippen LogP contribution in [0.1, 0.15) is 24.0 Å². The maximum Gasteiger partial charge on any atom is 0.138 e. The molecule has 0 fully saturated rings. The average Bonchev–Trinajstić information content (AvgIpc) is 2.53. The highest BCUT2D eigenvalue weighted by Crippen LogP contribution is 2.11. The molecular formula is C18H19NO2. The minimum atomic E-state index is 0.0795. The van der Waals surface area contributed by atoms with Gasteiger partial charge in [0.25, 0.3) is 0 Å². The topological polar surface area (TPSA) is 42.4 Å². The average molecular weight is 281 g/mol. The van der Waals surface area contributed by atoms with Gasteiger partial charge in [0, 0.05) is 18.2 Å². The van der Waals surface area contributed by atoms with Crippen molar-refractivity contribution in [3.05, 3.63) is 59.9 Å². The zero-order valence-corrected chi connectivity index (χ0v) is 12.0. The molecule has 108 valence electrons. The molecule has 2 rings (SSSR count). The molecular weight excluding hydrogens is 262 g/mol. The number of aliphatic hydroxyl groups excluding tert-OH is 1. The van der Waals surface area contributed by atoms with Crippen molar-refractivity contribution in [2.75, 3.05) is 13.2 Å². The summed E-state index contributed by atoms with van der Waals surface area (Å²) in [6.45, 7) is 0.736. The molecule has 3 nitrogen and oxygen atoms in total. The normalized spacial score (nSPS) is 9.76. The minimum Gasteiger partial charge on any atom is -0.492 e. The van der Waals surface area contributed by atoms with Crippen molar-refractivity contribution in [2.24, 2.45) is 0 Å². The lowest BCUT2D eigenvalue weighted by atomic mass is 10.1. The third kappa shape index (κ3) is 5.68. The van der Waals surface area contributed by atoms with Gasteiger partial charge in [-0.05, 0) is 24.5 Å². The smallest absolute Gasteiger partial charge is 0.138 e. The second-order valence-corrected chi connectivity index (χ2v) is 4.62. The van der Waals surface area contributed by atoms with Gasteiger partial charge in [-0.3, -0.25) is 4.98 Å². The predicted molar refractivity (Wildman–Crippen MR) is 83.1 cm³/mol. The predicted octanol–water partition coefficient (Wildman–Crippen LogP) is 2.83. The molecule has 3 heteroatoms. The number of hydrogen-bond donors (Lipinski definition) is 1. The first-order valence-electron chi connectivity index (χ1n) is 7.10. The SMILES string of the molecule is OCCC#Cc1cncc(OCCCc2ccccc2)c1. The third-order valence-electron chi connectivity index (χ3n) is 2.90. The fourth-order valence-electron chi connectivity index (χ4n) is 1.90. The number of nitrogens with zero attached hydrogens (tertiary/aromatic N) is 1. The molecule has 0 atom stereocenters. The van der Waals surface area contributed by atoms with Crippen LogP contribution in [0.5, 0.6) is 5.75 Å². The molecule has 0 aliphatic carbocycles. The quantitative estimate of drug-likeness (QED) is 0.654. The number of aliphatic hydroxyl groups is 1. The van der Waals surface area contributed by atoms with E-state index >= 15 is 0 Å². The molecule has 2 aromatic rings. The molecule has 0 radical (unpaired) electrons. The van der Waals surface area contributed by atoms with Gasteiger partial charge in [0.05, 0.1) is 19.4 Å². The van der Waals surface area contributed by atoms with E-state index < -0.39 is 0 Å². The summed E-state index contributed by atoms with van der Waals surface area (Å²) < 4.78 is 5.70. The third-order valence-corrected chi connectivity index (χ3v) is 2.90. The van der Waals surface area contributed by atoms with Crippen LogP contribution in [0.3, 0.4) is 0 Å². The molecule has 1 N–H and O–H groups in total. The van der Waals surface area contributed by atoms with Crippen molar-refractivity contribution < 1.29 is 9.84 Å². The van der Waals surface area contributed by atoms with Gasteiger partial charge in [0.1, 0.15) is 5.75 Å². The van der Waals surface area contributed by atoms with E-state index in [1.807, 2.05) is 12.1 Å². The van der Waals surface area contributed by atoms with E-state index in [0.29, 0.717) is 13.0 Å². The monoisotopic (exact) mass is 281 g/mol. The summed E-state index contributed by atoms with van der Waals surface area (Å²) in [5, 5.41) is 8.69. The maximum atomic E-state index is 8.69. The summed E-state index contributed by atoms with van der Waals surface area (Å²) in [4.78, 5) is 4.11. The van der Waals surface area contributed by atoms with Gasteiger partial charge in [-0.2, -0.15) is 0 Å². The van der Waals surface area contributed by atoms with E-state index in [0.717, 1.165) is 24.2 Å². The van der Waals surface area contributed by atoms with E-state index in [2.05, 4.69) is 41.1 Å². The van der Waals surface area contributed by atoms with Gasteiger partial charge in [-0.1, -0.05) is 42.2 Å². The second kappa shape index (κ2) is 8.78. The number of ether oxygens (including phenoxy) is 1. The lowest BCUT2D eigenvalue weighted by molar-refractivity contribution is 0.305. The van der Waals surface area contributed by atoms with Crippen LogP contribution in [0, 0.1) is 11.8 Å². The summed E-state index contributed by atoms with van der Waals surface area (Å²) in [6.07, 6.45) is 5.83. The van der Waals surface area contributed by atoms with Crippen LogP contribution in [0.2, 0.25) is 0 Å². The molecule has 0 spiro atoms. The van der Waals surface area contributed by atoms with Gasteiger partial charge < -0.3 is 9.84 Å². The fraction of sp³-hybridized carbons (Fsp3) is 0.278. The van der Waals surface area contributed by atoms with Crippen molar-refractivity contribution >= 4 is 0 Å². The van der Waals surface area contributed by atoms with Crippen molar-refractivity contribution in [2.45, 2.75) is 19.3 Å². The summed E-state index contributed by atoms with van der Waals surface area (Å²) in [5.41, 5.74) is 2.13. The van der Waals surface area contributed by atoms with Gasteiger partial charge in [0.2, 0.25) is 0 Å². The van der Waals surface area contributed by atoms with E-state index in [-0.39, 0.29) is 6.61 Å².